The third-order valence-corrected chi connectivity index (χ3v) is 5.71. The highest BCUT2D eigenvalue weighted by Gasteiger charge is 2.23. The summed E-state index contributed by atoms with van der Waals surface area (Å²) in [5.74, 6) is 0.498. The summed E-state index contributed by atoms with van der Waals surface area (Å²) in [7, 11) is 1.45. The second-order valence-corrected chi connectivity index (χ2v) is 7.59. The van der Waals surface area contributed by atoms with E-state index in [1.54, 1.807) is 0 Å². The Morgan fingerprint density at radius 3 is 2.60 bits per heavy atom. The van der Waals surface area contributed by atoms with Gasteiger partial charge in [0.15, 0.2) is 11.0 Å². The SMILES string of the molecule is COc1cc([O-])c(C[NH+]2CCN(CCO)CC2)c2oc(-c3ccccc3)cc(=O)c12. The quantitative estimate of drug-likeness (QED) is 0.605. The number of nitrogens with zero attached hydrogens (tertiary/aromatic N) is 1. The average molecular weight is 410 g/mol. The molecule has 3 aromatic rings. The number of fused-ring (bicyclic) bond motifs is 1. The first kappa shape index (κ1) is 20.4. The van der Waals surface area contributed by atoms with E-state index in [1.807, 2.05) is 30.3 Å². The van der Waals surface area contributed by atoms with E-state index < -0.39 is 0 Å². The number of methoxy groups -OCH3 is 1. The highest BCUT2D eigenvalue weighted by Crippen LogP contribution is 2.34. The van der Waals surface area contributed by atoms with Gasteiger partial charge >= 0.3 is 0 Å². The zero-order valence-corrected chi connectivity index (χ0v) is 17.0. The molecule has 1 aliphatic heterocycles. The van der Waals surface area contributed by atoms with Crippen LogP contribution in [0.15, 0.2) is 51.7 Å². The van der Waals surface area contributed by atoms with Crippen molar-refractivity contribution < 1.29 is 24.3 Å². The molecular formula is C23H26N2O5. The minimum Gasteiger partial charge on any atom is -0.872 e. The summed E-state index contributed by atoms with van der Waals surface area (Å²) in [6.45, 7) is 4.73. The topological polar surface area (TPSA) is 90.4 Å². The van der Waals surface area contributed by atoms with Crippen LogP contribution < -0.4 is 20.2 Å². The van der Waals surface area contributed by atoms with E-state index in [2.05, 4.69) is 4.90 Å². The highest BCUT2D eigenvalue weighted by molar-refractivity contribution is 5.89. The largest absolute Gasteiger partial charge is 0.872 e. The Balaban J connectivity index is 1.76. The maximum Gasteiger partial charge on any atom is 0.197 e. The van der Waals surface area contributed by atoms with Crippen LogP contribution in [-0.4, -0.2) is 56.4 Å². The van der Waals surface area contributed by atoms with Crippen molar-refractivity contribution in [3.8, 4) is 22.8 Å². The molecule has 158 valence electrons. The van der Waals surface area contributed by atoms with Crippen LogP contribution in [0.25, 0.3) is 22.3 Å². The number of aliphatic hydroxyl groups is 1. The van der Waals surface area contributed by atoms with E-state index in [4.69, 9.17) is 14.3 Å². The lowest BCUT2D eigenvalue weighted by Crippen LogP contribution is -3.13. The average Bonchev–Trinajstić information content (AvgIpc) is 2.77. The fourth-order valence-corrected chi connectivity index (χ4v) is 4.06. The molecule has 0 amide bonds. The van der Waals surface area contributed by atoms with Gasteiger partial charge in [0.2, 0.25) is 0 Å². The lowest BCUT2D eigenvalue weighted by molar-refractivity contribution is -0.918. The van der Waals surface area contributed by atoms with Crippen LogP contribution in [0.5, 0.6) is 11.5 Å². The van der Waals surface area contributed by atoms with Crippen molar-refractivity contribution in [3.63, 3.8) is 0 Å². The van der Waals surface area contributed by atoms with Crippen molar-refractivity contribution in [3.05, 3.63) is 58.3 Å². The molecule has 2 heterocycles. The van der Waals surface area contributed by atoms with Gasteiger partial charge in [-0.25, -0.2) is 0 Å². The molecule has 0 unspecified atom stereocenters. The van der Waals surface area contributed by atoms with Crippen LogP contribution in [0.2, 0.25) is 0 Å². The summed E-state index contributed by atoms with van der Waals surface area (Å²) in [6, 6.07) is 12.2. The second kappa shape index (κ2) is 8.87. The Morgan fingerprint density at radius 1 is 1.20 bits per heavy atom. The molecule has 4 rings (SSSR count). The van der Waals surface area contributed by atoms with Crippen LogP contribution in [0.1, 0.15) is 5.56 Å². The van der Waals surface area contributed by atoms with Crippen molar-refractivity contribution in [2.75, 3.05) is 46.4 Å². The summed E-state index contributed by atoms with van der Waals surface area (Å²) in [6.07, 6.45) is 0. The predicted molar refractivity (Wildman–Crippen MR) is 112 cm³/mol. The Kier molecular flexibility index (Phi) is 6.03. The predicted octanol–water partition coefficient (Wildman–Crippen LogP) is 0.235. The molecule has 2 N–H and O–H groups in total. The van der Waals surface area contributed by atoms with Crippen molar-refractivity contribution in [1.29, 1.82) is 0 Å². The number of benzene rings is 2. The molecule has 7 nitrogen and oxygen atoms in total. The number of piperazine rings is 1. The van der Waals surface area contributed by atoms with Crippen molar-refractivity contribution in [1.82, 2.24) is 4.90 Å². The Bertz CT molecular complexity index is 1070. The molecule has 30 heavy (non-hydrogen) atoms. The number of rotatable bonds is 6. The molecule has 0 bridgehead atoms. The molecule has 0 spiro atoms. The number of β-amino-alcohol motifs (C(OH)–C–C–N with tert-alkyl or cyclic N) is 1. The van der Waals surface area contributed by atoms with Gasteiger partial charge < -0.3 is 24.3 Å². The van der Waals surface area contributed by atoms with Gasteiger partial charge in [0.05, 0.1) is 26.8 Å². The van der Waals surface area contributed by atoms with Crippen LogP contribution in [0, 0.1) is 0 Å². The Labute approximate surface area is 174 Å². The van der Waals surface area contributed by atoms with Gasteiger partial charge in [0.1, 0.15) is 23.4 Å². The lowest BCUT2D eigenvalue weighted by atomic mass is 10.1. The van der Waals surface area contributed by atoms with Gasteiger partial charge in [-0.05, 0) is 6.07 Å². The van der Waals surface area contributed by atoms with Gasteiger partial charge in [0.25, 0.3) is 0 Å². The van der Waals surface area contributed by atoms with E-state index in [-0.39, 0.29) is 23.5 Å². The third-order valence-electron chi connectivity index (χ3n) is 5.71. The van der Waals surface area contributed by atoms with Crippen LogP contribution >= 0.6 is 0 Å². The first-order valence-corrected chi connectivity index (χ1v) is 10.2. The standard InChI is InChI=1S/C23H26N2O5/c1-29-21-13-18(27)17(15-25-9-7-24(8-10-25)11-12-26)23-22(21)19(28)14-20(30-23)16-5-3-2-4-6-16/h2-6,13-14,26-27H,7-12,15H2,1H3. The minimum absolute atomic E-state index is 0.149. The number of aliphatic hydroxyl groups excluding tert-OH is 1. The molecule has 7 heteroatoms. The van der Waals surface area contributed by atoms with Gasteiger partial charge in [-0.1, -0.05) is 36.1 Å². The van der Waals surface area contributed by atoms with Crippen molar-refractivity contribution in [2.24, 2.45) is 0 Å². The number of hydrogen-bond acceptors (Lipinski definition) is 6. The molecule has 1 aromatic heterocycles. The summed E-state index contributed by atoms with van der Waals surface area (Å²) >= 11 is 0. The molecule has 1 saturated heterocycles. The van der Waals surface area contributed by atoms with Gasteiger partial charge in [-0.2, -0.15) is 0 Å². The minimum atomic E-state index is -0.226. The highest BCUT2D eigenvalue weighted by atomic mass is 16.5. The molecule has 0 saturated carbocycles. The molecule has 0 radical (unpaired) electrons. The van der Waals surface area contributed by atoms with Crippen LogP contribution in [0.3, 0.4) is 0 Å². The lowest BCUT2D eigenvalue weighted by Gasteiger charge is -2.32. The Hall–Kier alpha value is -2.87. The van der Waals surface area contributed by atoms with Crippen molar-refractivity contribution in [2.45, 2.75) is 6.54 Å². The number of ether oxygens (including phenoxy) is 1. The molecule has 0 atom stereocenters. The first-order chi connectivity index (χ1) is 14.6. The number of nitrogens with one attached hydrogen (secondary N) is 1. The van der Waals surface area contributed by atoms with Crippen LogP contribution in [0.4, 0.5) is 0 Å². The molecule has 0 aliphatic carbocycles. The van der Waals surface area contributed by atoms with Crippen LogP contribution in [-0.2, 0) is 6.54 Å². The van der Waals surface area contributed by atoms with E-state index in [0.717, 1.165) is 31.7 Å². The molecule has 1 fully saturated rings. The molecule has 2 aromatic carbocycles. The number of hydrogen-bond donors (Lipinski definition) is 2. The fourth-order valence-electron chi connectivity index (χ4n) is 4.06. The van der Waals surface area contributed by atoms with Gasteiger partial charge in [0, 0.05) is 36.8 Å². The molecular weight excluding hydrogens is 384 g/mol. The zero-order chi connectivity index (χ0) is 21.1. The van der Waals surface area contributed by atoms with Gasteiger partial charge in [-0.15, -0.1) is 0 Å². The van der Waals surface area contributed by atoms with E-state index in [9.17, 15) is 9.90 Å². The summed E-state index contributed by atoms with van der Waals surface area (Å²) in [4.78, 5) is 16.4. The van der Waals surface area contributed by atoms with Crippen molar-refractivity contribution >= 4 is 11.0 Å². The first-order valence-electron chi connectivity index (χ1n) is 10.2. The Morgan fingerprint density at radius 2 is 1.93 bits per heavy atom. The normalized spacial score (nSPS) is 15.5. The maximum atomic E-state index is 12.9. The second-order valence-electron chi connectivity index (χ2n) is 7.59. The zero-order valence-electron chi connectivity index (χ0n) is 17.0. The number of quaternary nitrogens is 1. The summed E-state index contributed by atoms with van der Waals surface area (Å²) in [5, 5.41) is 22.4. The van der Waals surface area contributed by atoms with E-state index >= 15 is 0 Å². The monoisotopic (exact) mass is 410 g/mol. The molecule has 1 aliphatic rings. The third kappa shape index (κ3) is 4.05. The van der Waals surface area contributed by atoms with E-state index in [1.165, 1.54) is 24.1 Å². The smallest absolute Gasteiger partial charge is 0.197 e. The summed E-state index contributed by atoms with van der Waals surface area (Å²) in [5.41, 5.74) is 1.38. The fraction of sp³-hybridized carbons (Fsp3) is 0.348. The van der Waals surface area contributed by atoms with Gasteiger partial charge in [-0.3, -0.25) is 9.69 Å². The van der Waals surface area contributed by atoms with E-state index in [0.29, 0.717) is 35.4 Å². The summed E-state index contributed by atoms with van der Waals surface area (Å²) < 4.78 is 11.5. The maximum absolute atomic E-state index is 12.9.